The third-order valence-corrected chi connectivity index (χ3v) is 6.63. The fourth-order valence-corrected chi connectivity index (χ4v) is 5.19. The molecule has 2 N–H and O–H groups in total. The Balaban J connectivity index is 1.62. The van der Waals surface area contributed by atoms with Gasteiger partial charge in [-0.2, -0.15) is 13.2 Å². The highest BCUT2D eigenvalue weighted by Crippen LogP contribution is 2.35. The summed E-state index contributed by atoms with van der Waals surface area (Å²) in [5, 5.41) is 12.1. The molecular formula is C24H20F3NO4S. The number of carbonyl (C=O) groups is 2. The van der Waals surface area contributed by atoms with Gasteiger partial charge in [0.05, 0.1) is 29.9 Å². The molecule has 2 aromatic carbocycles. The highest BCUT2D eigenvalue weighted by Gasteiger charge is 2.31. The molecule has 1 aliphatic rings. The third kappa shape index (κ3) is 5.09. The molecule has 33 heavy (non-hydrogen) atoms. The first-order valence-electron chi connectivity index (χ1n) is 10.2. The van der Waals surface area contributed by atoms with Gasteiger partial charge in [-0.15, -0.1) is 11.3 Å². The van der Waals surface area contributed by atoms with E-state index in [1.54, 1.807) is 24.3 Å². The van der Waals surface area contributed by atoms with Crippen LogP contribution in [0.3, 0.4) is 0 Å². The maximum atomic E-state index is 13.2. The van der Waals surface area contributed by atoms with Gasteiger partial charge in [0.25, 0.3) is 5.91 Å². The number of nitrogens with one attached hydrogen (secondary N) is 1. The number of ether oxygens (including phenoxy) is 1. The summed E-state index contributed by atoms with van der Waals surface area (Å²) in [7, 11) is 0. The van der Waals surface area contributed by atoms with Crippen molar-refractivity contribution in [1.82, 2.24) is 5.32 Å². The molecule has 4 rings (SSSR count). The van der Waals surface area contributed by atoms with Crippen molar-refractivity contribution in [2.45, 2.75) is 32.2 Å². The average molecular weight is 475 g/mol. The zero-order valence-corrected chi connectivity index (χ0v) is 18.2. The molecule has 9 heteroatoms. The summed E-state index contributed by atoms with van der Waals surface area (Å²) in [6.45, 7) is 0.824. The molecule has 172 valence electrons. The molecule has 1 amide bonds. The molecule has 3 aromatic rings. The van der Waals surface area contributed by atoms with Gasteiger partial charge in [0, 0.05) is 22.7 Å². The largest absolute Gasteiger partial charge is 0.478 e. The Morgan fingerprint density at radius 1 is 1.12 bits per heavy atom. The van der Waals surface area contributed by atoms with Crippen LogP contribution in [0.2, 0.25) is 0 Å². The predicted octanol–water partition coefficient (Wildman–Crippen LogP) is 5.06. The molecule has 0 saturated heterocycles. The second-order valence-electron chi connectivity index (χ2n) is 7.62. The van der Waals surface area contributed by atoms with E-state index >= 15 is 0 Å². The molecule has 0 bridgehead atoms. The first kappa shape index (κ1) is 23.0. The molecule has 0 fully saturated rings. The van der Waals surface area contributed by atoms with E-state index in [1.807, 2.05) is 0 Å². The lowest BCUT2D eigenvalue weighted by atomic mass is 9.99. The summed E-state index contributed by atoms with van der Waals surface area (Å²) in [6, 6.07) is 11.5. The Kier molecular flexibility index (Phi) is 6.53. The van der Waals surface area contributed by atoms with E-state index in [9.17, 15) is 27.9 Å². The third-order valence-electron chi connectivity index (χ3n) is 5.43. The second-order valence-corrected chi connectivity index (χ2v) is 8.81. The van der Waals surface area contributed by atoms with Gasteiger partial charge in [0.15, 0.2) is 0 Å². The zero-order chi connectivity index (χ0) is 23.6. The molecule has 1 aromatic heterocycles. The van der Waals surface area contributed by atoms with E-state index in [-0.39, 0.29) is 24.4 Å². The van der Waals surface area contributed by atoms with Crippen molar-refractivity contribution in [3.63, 3.8) is 0 Å². The standard InChI is InChI=1S/C24H20F3NO4S/c25-24(26,27)16-6-3-4-14(10-16)11-19-21(18-8-9-32-13-20(18)33-19)22(29)28-12-15-5-1-2-7-17(15)23(30)31/h1-7,10H,8-9,11-13H2,(H,28,29)(H,30,31). The van der Waals surface area contributed by atoms with Gasteiger partial charge >= 0.3 is 12.1 Å². The Labute approximate surface area is 191 Å². The number of carboxylic acid groups (broad SMARTS) is 1. The predicted molar refractivity (Wildman–Crippen MR) is 117 cm³/mol. The number of carbonyl (C=O) groups excluding carboxylic acids is 1. The van der Waals surface area contributed by atoms with E-state index in [0.717, 1.165) is 22.6 Å². The fraction of sp³-hybridized carbons (Fsp3) is 0.250. The van der Waals surface area contributed by atoms with Crippen LogP contribution in [0.25, 0.3) is 0 Å². The Hall–Kier alpha value is -3.17. The summed E-state index contributed by atoms with van der Waals surface area (Å²) in [4.78, 5) is 26.2. The average Bonchev–Trinajstić information content (AvgIpc) is 3.15. The molecule has 0 spiro atoms. The number of fused-ring (bicyclic) bond motifs is 1. The summed E-state index contributed by atoms with van der Waals surface area (Å²) < 4.78 is 44.9. The molecule has 0 unspecified atom stereocenters. The van der Waals surface area contributed by atoms with E-state index < -0.39 is 17.7 Å². The number of aromatic carboxylic acids is 1. The lowest BCUT2D eigenvalue weighted by molar-refractivity contribution is -0.137. The number of hydrogen-bond acceptors (Lipinski definition) is 4. The number of rotatable bonds is 6. The van der Waals surface area contributed by atoms with Crippen LogP contribution in [0.15, 0.2) is 48.5 Å². The monoisotopic (exact) mass is 475 g/mol. The van der Waals surface area contributed by atoms with Crippen molar-refractivity contribution in [2.24, 2.45) is 0 Å². The maximum absolute atomic E-state index is 13.2. The van der Waals surface area contributed by atoms with Crippen molar-refractivity contribution in [2.75, 3.05) is 6.61 Å². The van der Waals surface area contributed by atoms with Crippen LogP contribution in [0.4, 0.5) is 13.2 Å². The number of carboxylic acids is 1. The second kappa shape index (κ2) is 9.36. The normalized spacial score (nSPS) is 13.4. The zero-order valence-electron chi connectivity index (χ0n) is 17.4. The minimum Gasteiger partial charge on any atom is -0.478 e. The van der Waals surface area contributed by atoms with Crippen LogP contribution in [-0.2, 0) is 36.9 Å². The van der Waals surface area contributed by atoms with Crippen LogP contribution >= 0.6 is 11.3 Å². The summed E-state index contributed by atoms with van der Waals surface area (Å²) >= 11 is 1.37. The SMILES string of the molecule is O=C(O)c1ccccc1CNC(=O)c1c(Cc2cccc(C(F)(F)F)c2)sc2c1CCOC2. The quantitative estimate of drug-likeness (QED) is 0.523. The van der Waals surface area contributed by atoms with E-state index in [1.165, 1.54) is 23.5 Å². The fourth-order valence-electron chi connectivity index (χ4n) is 3.87. The number of halogens is 3. The van der Waals surface area contributed by atoms with Gasteiger partial charge in [-0.3, -0.25) is 4.79 Å². The first-order chi connectivity index (χ1) is 15.7. The molecule has 1 aliphatic heterocycles. The van der Waals surface area contributed by atoms with Crippen LogP contribution in [0.5, 0.6) is 0 Å². The van der Waals surface area contributed by atoms with Crippen LogP contribution < -0.4 is 5.32 Å². The van der Waals surface area contributed by atoms with Gasteiger partial charge < -0.3 is 15.2 Å². The number of alkyl halides is 3. The molecule has 0 aliphatic carbocycles. The van der Waals surface area contributed by atoms with Gasteiger partial charge in [0.2, 0.25) is 0 Å². The highest BCUT2D eigenvalue weighted by molar-refractivity contribution is 7.12. The van der Waals surface area contributed by atoms with E-state index in [0.29, 0.717) is 41.2 Å². The number of benzene rings is 2. The topological polar surface area (TPSA) is 75.6 Å². The van der Waals surface area contributed by atoms with Crippen molar-refractivity contribution >= 4 is 23.2 Å². The number of hydrogen-bond donors (Lipinski definition) is 2. The van der Waals surface area contributed by atoms with Crippen molar-refractivity contribution in [3.05, 3.63) is 91.7 Å². The van der Waals surface area contributed by atoms with Crippen molar-refractivity contribution < 1.29 is 32.6 Å². The van der Waals surface area contributed by atoms with Crippen LogP contribution in [-0.4, -0.2) is 23.6 Å². The number of amides is 1. The molecular weight excluding hydrogens is 455 g/mol. The number of thiophene rings is 1. The smallest absolute Gasteiger partial charge is 0.416 e. The minimum absolute atomic E-state index is 0.0193. The van der Waals surface area contributed by atoms with E-state index in [4.69, 9.17) is 4.74 Å². The Morgan fingerprint density at radius 2 is 1.91 bits per heavy atom. The lowest BCUT2D eigenvalue weighted by Gasteiger charge is -2.14. The van der Waals surface area contributed by atoms with Crippen LogP contribution in [0, 0.1) is 0 Å². The maximum Gasteiger partial charge on any atom is 0.416 e. The van der Waals surface area contributed by atoms with Gasteiger partial charge in [0.1, 0.15) is 0 Å². The van der Waals surface area contributed by atoms with Gasteiger partial charge in [-0.25, -0.2) is 4.79 Å². The Morgan fingerprint density at radius 3 is 2.67 bits per heavy atom. The highest BCUT2D eigenvalue weighted by atomic mass is 32.1. The van der Waals surface area contributed by atoms with E-state index in [2.05, 4.69) is 5.32 Å². The molecule has 5 nitrogen and oxygen atoms in total. The van der Waals surface area contributed by atoms with Crippen molar-refractivity contribution in [3.8, 4) is 0 Å². The molecule has 0 saturated carbocycles. The van der Waals surface area contributed by atoms with Gasteiger partial charge in [-0.1, -0.05) is 36.4 Å². The molecule has 0 atom stereocenters. The minimum atomic E-state index is -4.45. The summed E-state index contributed by atoms with van der Waals surface area (Å²) in [5.41, 5.74) is 1.57. The summed E-state index contributed by atoms with van der Waals surface area (Å²) in [5.74, 6) is -1.47. The van der Waals surface area contributed by atoms with Gasteiger partial charge in [-0.05, 0) is 35.2 Å². The summed E-state index contributed by atoms with van der Waals surface area (Å²) in [6.07, 6.45) is -3.74. The lowest BCUT2D eigenvalue weighted by Crippen LogP contribution is -2.26. The molecule has 2 heterocycles. The van der Waals surface area contributed by atoms with Crippen LogP contribution in [0.1, 0.15) is 52.7 Å². The van der Waals surface area contributed by atoms with Crippen molar-refractivity contribution in [1.29, 1.82) is 0 Å². The first-order valence-corrected chi connectivity index (χ1v) is 11.0. The molecule has 0 radical (unpaired) electrons. The Bertz CT molecular complexity index is 1200.